The molecule has 0 bridgehead atoms. The maximum absolute atomic E-state index is 6.42. The molecule has 1 fully saturated rings. The molecule has 1 aliphatic rings. The summed E-state index contributed by atoms with van der Waals surface area (Å²) in [7, 11) is 1.68. The van der Waals surface area contributed by atoms with Crippen molar-refractivity contribution in [2.75, 3.05) is 20.2 Å². The van der Waals surface area contributed by atoms with E-state index in [1.54, 1.807) is 7.11 Å². The maximum Gasteiger partial charge on any atom is 0.125 e. The van der Waals surface area contributed by atoms with Crippen LogP contribution in [0.4, 0.5) is 0 Å². The lowest BCUT2D eigenvalue weighted by atomic mass is 10.0. The van der Waals surface area contributed by atoms with E-state index in [0.717, 1.165) is 28.8 Å². The van der Waals surface area contributed by atoms with Gasteiger partial charge in [-0.3, -0.25) is 4.90 Å². The highest BCUT2D eigenvalue weighted by molar-refractivity contribution is 6.31. The summed E-state index contributed by atoms with van der Waals surface area (Å²) in [4.78, 5) is 2.46. The molecule has 1 saturated carbocycles. The van der Waals surface area contributed by atoms with Crippen molar-refractivity contribution in [3.8, 4) is 5.75 Å². The van der Waals surface area contributed by atoms with Crippen LogP contribution in [-0.2, 0) is 0 Å². The van der Waals surface area contributed by atoms with E-state index >= 15 is 0 Å². The van der Waals surface area contributed by atoms with Gasteiger partial charge < -0.3 is 10.5 Å². The van der Waals surface area contributed by atoms with E-state index in [9.17, 15) is 0 Å². The van der Waals surface area contributed by atoms with Gasteiger partial charge in [-0.05, 0) is 44.7 Å². The summed E-state index contributed by atoms with van der Waals surface area (Å²) < 4.78 is 5.49. The van der Waals surface area contributed by atoms with Crippen LogP contribution < -0.4 is 10.5 Å². The number of halogens is 1. The van der Waals surface area contributed by atoms with Gasteiger partial charge in [-0.2, -0.15) is 0 Å². The van der Waals surface area contributed by atoms with E-state index in [0.29, 0.717) is 12.6 Å². The third-order valence-corrected chi connectivity index (χ3v) is 4.35. The highest BCUT2D eigenvalue weighted by atomic mass is 35.5. The first kappa shape index (κ1) is 15.6. The summed E-state index contributed by atoms with van der Waals surface area (Å²) in [5.41, 5.74) is 7.10. The van der Waals surface area contributed by atoms with Gasteiger partial charge in [0.25, 0.3) is 0 Å². The van der Waals surface area contributed by atoms with Crippen molar-refractivity contribution in [2.45, 2.75) is 38.8 Å². The smallest absolute Gasteiger partial charge is 0.125 e. The lowest BCUT2D eigenvalue weighted by molar-refractivity contribution is 0.147. The SMILES string of the molecule is COc1cccc(Cl)c1C(CN)N(CC1CC1)C(C)C. The number of rotatable bonds is 7. The minimum atomic E-state index is 0.110. The van der Waals surface area contributed by atoms with Gasteiger partial charge >= 0.3 is 0 Å². The third-order valence-electron chi connectivity index (χ3n) is 4.02. The van der Waals surface area contributed by atoms with Crippen LogP contribution in [0.15, 0.2) is 18.2 Å². The quantitative estimate of drug-likeness (QED) is 0.837. The molecule has 2 N–H and O–H groups in total. The highest BCUT2D eigenvalue weighted by Gasteiger charge is 2.32. The summed E-state index contributed by atoms with van der Waals surface area (Å²) in [5.74, 6) is 1.65. The fourth-order valence-electron chi connectivity index (χ4n) is 2.73. The van der Waals surface area contributed by atoms with Gasteiger partial charge in [0, 0.05) is 29.7 Å². The first-order valence-electron chi connectivity index (χ1n) is 7.36. The second-order valence-corrected chi connectivity index (χ2v) is 6.25. The van der Waals surface area contributed by atoms with Gasteiger partial charge in [0.1, 0.15) is 5.75 Å². The summed E-state index contributed by atoms with van der Waals surface area (Å²) >= 11 is 6.42. The Balaban J connectivity index is 2.33. The van der Waals surface area contributed by atoms with Crippen molar-refractivity contribution in [2.24, 2.45) is 11.7 Å². The van der Waals surface area contributed by atoms with Crippen molar-refractivity contribution in [3.63, 3.8) is 0 Å². The molecule has 0 amide bonds. The molecule has 1 aliphatic carbocycles. The molecule has 2 rings (SSSR count). The number of methoxy groups -OCH3 is 1. The van der Waals surface area contributed by atoms with Gasteiger partial charge in [0.15, 0.2) is 0 Å². The second-order valence-electron chi connectivity index (χ2n) is 5.84. The van der Waals surface area contributed by atoms with E-state index < -0.39 is 0 Å². The van der Waals surface area contributed by atoms with E-state index in [4.69, 9.17) is 22.1 Å². The van der Waals surface area contributed by atoms with E-state index in [1.165, 1.54) is 12.8 Å². The Morgan fingerprint density at radius 3 is 2.60 bits per heavy atom. The second kappa shape index (κ2) is 6.79. The first-order valence-corrected chi connectivity index (χ1v) is 7.74. The molecule has 1 aromatic rings. The first-order chi connectivity index (χ1) is 9.58. The number of hydrogen-bond donors (Lipinski definition) is 1. The Bertz CT molecular complexity index is 446. The summed E-state index contributed by atoms with van der Waals surface area (Å²) in [5, 5.41) is 0.737. The van der Waals surface area contributed by atoms with Gasteiger partial charge in [0.05, 0.1) is 13.2 Å². The van der Waals surface area contributed by atoms with Crippen molar-refractivity contribution in [3.05, 3.63) is 28.8 Å². The zero-order valence-electron chi connectivity index (χ0n) is 12.6. The molecular formula is C16H25ClN2O. The van der Waals surface area contributed by atoms with Gasteiger partial charge in [-0.15, -0.1) is 0 Å². The fourth-order valence-corrected chi connectivity index (χ4v) is 3.03. The zero-order chi connectivity index (χ0) is 14.7. The number of nitrogens with zero attached hydrogens (tertiary/aromatic N) is 1. The monoisotopic (exact) mass is 296 g/mol. The standard InChI is InChI=1S/C16H25ClN2O/c1-11(2)19(10-12-7-8-12)14(9-18)16-13(17)5-4-6-15(16)20-3/h4-6,11-12,14H,7-10,18H2,1-3H3. The molecule has 112 valence electrons. The Kier molecular flexibility index (Phi) is 5.30. The molecule has 0 radical (unpaired) electrons. The largest absolute Gasteiger partial charge is 0.496 e. The van der Waals surface area contributed by atoms with Gasteiger partial charge in [-0.25, -0.2) is 0 Å². The molecule has 1 unspecified atom stereocenters. The summed E-state index contributed by atoms with van der Waals surface area (Å²) in [6.45, 7) is 6.07. The topological polar surface area (TPSA) is 38.5 Å². The average molecular weight is 297 g/mol. The Labute approximate surface area is 127 Å². The predicted octanol–water partition coefficient (Wildman–Crippen LogP) is 3.47. The molecule has 0 spiro atoms. The minimum absolute atomic E-state index is 0.110. The van der Waals surface area contributed by atoms with Crippen molar-refractivity contribution in [1.29, 1.82) is 0 Å². The van der Waals surface area contributed by atoms with Gasteiger partial charge in [-0.1, -0.05) is 17.7 Å². The Hall–Kier alpha value is -0.770. The molecular weight excluding hydrogens is 272 g/mol. The van der Waals surface area contributed by atoms with Crippen LogP contribution in [0.1, 0.15) is 38.3 Å². The van der Waals surface area contributed by atoms with Crippen molar-refractivity contribution in [1.82, 2.24) is 4.90 Å². The number of ether oxygens (including phenoxy) is 1. The molecule has 20 heavy (non-hydrogen) atoms. The normalized spacial score (nSPS) is 16.8. The molecule has 0 aliphatic heterocycles. The molecule has 4 heteroatoms. The number of nitrogens with two attached hydrogens (primary N) is 1. The average Bonchev–Trinajstić information content (AvgIpc) is 3.23. The molecule has 0 heterocycles. The predicted molar refractivity (Wildman–Crippen MR) is 84.4 cm³/mol. The van der Waals surface area contributed by atoms with Crippen LogP contribution in [-0.4, -0.2) is 31.1 Å². The zero-order valence-corrected chi connectivity index (χ0v) is 13.4. The van der Waals surface area contributed by atoms with Crippen molar-refractivity contribution < 1.29 is 4.74 Å². The molecule has 1 aromatic carbocycles. The van der Waals surface area contributed by atoms with Crippen LogP contribution in [0.3, 0.4) is 0 Å². The summed E-state index contributed by atoms with van der Waals surface area (Å²) in [6, 6.07) is 6.33. The van der Waals surface area contributed by atoms with Crippen molar-refractivity contribution >= 4 is 11.6 Å². The Morgan fingerprint density at radius 2 is 2.10 bits per heavy atom. The lowest BCUT2D eigenvalue weighted by Crippen LogP contribution is -2.40. The fraction of sp³-hybridized carbons (Fsp3) is 0.625. The maximum atomic E-state index is 6.42. The van der Waals surface area contributed by atoms with Crippen LogP contribution in [0.5, 0.6) is 5.75 Å². The Morgan fingerprint density at radius 1 is 1.40 bits per heavy atom. The molecule has 1 atom stereocenters. The van der Waals surface area contributed by atoms with Crippen LogP contribution >= 0.6 is 11.6 Å². The van der Waals surface area contributed by atoms with E-state index in [-0.39, 0.29) is 6.04 Å². The third kappa shape index (κ3) is 3.46. The van der Waals surface area contributed by atoms with Gasteiger partial charge in [0.2, 0.25) is 0 Å². The minimum Gasteiger partial charge on any atom is -0.496 e. The van der Waals surface area contributed by atoms with E-state index in [1.807, 2.05) is 18.2 Å². The summed E-state index contributed by atoms with van der Waals surface area (Å²) in [6.07, 6.45) is 2.67. The lowest BCUT2D eigenvalue weighted by Gasteiger charge is -2.35. The van der Waals surface area contributed by atoms with Crippen LogP contribution in [0.2, 0.25) is 5.02 Å². The highest BCUT2D eigenvalue weighted by Crippen LogP contribution is 2.38. The number of hydrogen-bond acceptors (Lipinski definition) is 3. The van der Waals surface area contributed by atoms with E-state index in [2.05, 4.69) is 18.7 Å². The molecule has 3 nitrogen and oxygen atoms in total. The van der Waals surface area contributed by atoms with Crippen LogP contribution in [0.25, 0.3) is 0 Å². The molecule has 0 saturated heterocycles. The number of benzene rings is 1. The van der Waals surface area contributed by atoms with Crippen LogP contribution in [0, 0.1) is 5.92 Å². The molecule has 0 aromatic heterocycles.